The van der Waals surface area contributed by atoms with Crippen LogP contribution in [0, 0.1) is 11.3 Å². The molecule has 1 aromatic rings. The number of anilines is 1. The molecule has 19 heavy (non-hydrogen) atoms. The zero-order chi connectivity index (χ0) is 13.9. The van der Waals surface area contributed by atoms with Gasteiger partial charge in [0, 0.05) is 22.2 Å². The summed E-state index contributed by atoms with van der Waals surface area (Å²) in [7, 11) is 0. The van der Waals surface area contributed by atoms with E-state index >= 15 is 0 Å². The van der Waals surface area contributed by atoms with Crippen molar-refractivity contribution >= 4 is 21.6 Å². The van der Waals surface area contributed by atoms with Crippen LogP contribution >= 0.6 is 15.9 Å². The van der Waals surface area contributed by atoms with Gasteiger partial charge in [-0.15, -0.1) is 0 Å². The van der Waals surface area contributed by atoms with Crippen LogP contribution in [0.25, 0.3) is 0 Å². The van der Waals surface area contributed by atoms with E-state index in [4.69, 9.17) is 5.26 Å². The molecule has 1 heterocycles. The van der Waals surface area contributed by atoms with Gasteiger partial charge in [0.15, 0.2) is 0 Å². The highest BCUT2D eigenvalue weighted by molar-refractivity contribution is 9.10. The molecule has 1 unspecified atom stereocenters. The van der Waals surface area contributed by atoms with Gasteiger partial charge in [0.1, 0.15) is 0 Å². The SMILES string of the molecule is CC1(C)CCNCC(CC#N)N1c1ccc(Br)cc1. The minimum absolute atomic E-state index is 0.0544. The topological polar surface area (TPSA) is 39.1 Å². The normalized spacial score (nSPS) is 22.6. The molecule has 0 saturated carbocycles. The molecule has 1 aromatic carbocycles. The van der Waals surface area contributed by atoms with E-state index in [1.54, 1.807) is 0 Å². The minimum atomic E-state index is 0.0544. The number of nitrogens with one attached hydrogen (secondary N) is 1. The molecule has 1 saturated heterocycles. The first-order valence-electron chi connectivity index (χ1n) is 6.67. The van der Waals surface area contributed by atoms with E-state index in [-0.39, 0.29) is 11.6 Å². The van der Waals surface area contributed by atoms with Gasteiger partial charge in [0.2, 0.25) is 0 Å². The summed E-state index contributed by atoms with van der Waals surface area (Å²) in [5, 5.41) is 12.5. The summed E-state index contributed by atoms with van der Waals surface area (Å²) in [6, 6.07) is 10.9. The van der Waals surface area contributed by atoms with Crippen molar-refractivity contribution in [3.63, 3.8) is 0 Å². The van der Waals surface area contributed by atoms with Gasteiger partial charge in [-0.05, 0) is 51.1 Å². The number of hydrogen-bond donors (Lipinski definition) is 1. The summed E-state index contributed by atoms with van der Waals surface area (Å²) >= 11 is 3.48. The third-order valence-electron chi connectivity index (χ3n) is 3.74. The Kier molecular flexibility index (Phi) is 4.49. The van der Waals surface area contributed by atoms with Crippen LogP contribution in [0.1, 0.15) is 26.7 Å². The number of rotatable bonds is 2. The average Bonchev–Trinajstić information content (AvgIpc) is 2.50. The third-order valence-corrected chi connectivity index (χ3v) is 4.27. The van der Waals surface area contributed by atoms with Gasteiger partial charge >= 0.3 is 0 Å². The molecule has 0 spiro atoms. The van der Waals surface area contributed by atoms with E-state index in [0.717, 1.165) is 24.0 Å². The van der Waals surface area contributed by atoms with Crippen LogP contribution in [0.2, 0.25) is 0 Å². The van der Waals surface area contributed by atoms with Gasteiger partial charge < -0.3 is 10.2 Å². The summed E-state index contributed by atoms with van der Waals surface area (Å²) < 4.78 is 1.08. The summed E-state index contributed by atoms with van der Waals surface area (Å²) in [6.45, 7) is 6.38. The quantitative estimate of drug-likeness (QED) is 0.908. The van der Waals surface area contributed by atoms with E-state index in [1.807, 2.05) is 0 Å². The monoisotopic (exact) mass is 321 g/mol. The van der Waals surface area contributed by atoms with E-state index < -0.39 is 0 Å². The number of nitriles is 1. The van der Waals surface area contributed by atoms with Gasteiger partial charge in [0.05, 0.1) is 18.5 Å². The predicted octanol–water partition coefficient (Wildman–Crippen LogP) is 3.31. The maximum absolute atomic E-state index is 9.08. The summed E-state index contributed by atoms with van der Waals surface area (Å²) in [5.41, 5.74) is 1.25. The molecule has 4 heteroatoms. The fourth-order valence-electron chi connectivity index (χ4n) is 2.80. The van der Waals surface area contributed by atoms with Crippen molar-refractivity contribution < 1.29 is 0 Å². The second-order valence-electron chi connectivity index (χ2n) is 5.63. The smallest absolute Gasteiger partial charge is 0.0643 e. The molecule has 0 aliphatic carbocycles. The fraction of sp³-hybridized carbons (Fsp3) is 0.533. The molecule has 2 rings (SSSR count). The lowest BCUT2D eigenvalue weighted by molar-refractivity contribution is 0.418. The maximum Gasteiger partial charge on any atom is 0.0643 e. The van der Waals surface area contributed by atoms with Crippen molar-refractivity contribution in [2.24, 2.45) is 0 Å². The first-order valence-corrected chi connectivity index (χ1v) is 7.46. The Bertz CT molecular complexity index is 461. The van der Waals surface area contributed by atoms with E-state index in [2.05, 4.69) is 70.3 Å². The maximum atomic E-state index is 9.08. The van der Waals surface area contributed by atoms with Crippen LogP contribution in [0.5, 0.6) is 0 Å². The summed E-state index contributed by atoms with van der Waals surface area (Å²) in [5.74, 6) is 0. The van der Waals surface area contributed by atoms with Crippen molar-refractivity contribution in [3.8, 4) is 6.07 Å². The Morgan fingerprint density at radius 2 is 2.11 bits per heavy atom. The van der Waals surface area contributed by atoms with Crippen LogP contribution in [0.4, 0.5) is 5.69 Å². The predicted molar refractivity (Wildman–Crippen MR) is 82.2 cm³/mol. The lowest BCUT2D eigenvalue weighted by atomic mass is 9.95. The average molecular weight is 322 g/mol. The van der Waals surface area contributed by atoms with Crippen molar-refractivity contribution in [3.05, 3.63) is 28.7 Å². The van der Waals surface area contributed by atoms with Crippen molar-refractivity contribution in [1.82, 2.24) is 5.32 Å². The Balaban J connectivity index is 2.38. The standard InChI is InChI=1S/C15H20BrN3/c1-15(2)8-10-18-11-14(7-9-17)19(15)13-5-3-12(16)4-6-13/h3-6,14,18H,7-8,10-11H2,1-2H3. The first kappa shape index (κ1) is 14.4. The largest absolute Gasteiger partial charge is 0.361 e. The van der Waals surface area contributed by atoms with Gasteiger partial charge in [-0.2, -0.15) is 5.26 Å². The highest BCUT2D eigenvalue weighted by Gasteiger charge is 2.34. The third kappa shape index (κ3) is 3.29. The summed E-state index contributed by atoms with van der Waals surface area (Å²) in [4.78, 5) is 2.41. The molecular formula is C15H20BrN3. The zero-order valence-corrected chi connectivity index (χ0v) is 13.1. The van der Waals surface area contributed by atoms with Crippen LogP contribution in [-0.4, -0.2) is 24.7 Å². The molecule has 3 nitrogen and oxygen atoms in total. The number of nitrogens with zero attached hydrogens (tertiary/aromatic N) is 2. The van der Waals surface area contributed by atoms with Gasteiger partial charge in [0.25, 0.3) is 0 Å². The van der Waals surface area contributed by atoms with Gasteiger partial charge in [-0.3, -0.25) is 0 Å². The van der Waals surface area contributed by atoms with Crippen molar-refractivity contribution in [2.75, 3.05) is 18.0 Å². The van der Waals surface area contributed by atoms with Crippen molar-refractivity contribution in [1.29, 1.82) is 5.26 Å². The van der Waals surface area contributed by atoms with Crippen LogP contribution in [0.15, 0.2) is 28.7 Å². The Morgan fingerprint density at radius 3 is 2.74 bits per heavy atom. The highest BCUT2D eigenvalue weighted by atomic mass is 79.9. The fourth-order valence-corrected chi connectivity index (χ4v) is 3.06. The number of halogens is 1. The zero-order valence-electron chi connectivity index (χ0n) is 11.5. The molecular weight excluding hydrogens is 302 g/mol. The van der Waals surface area contributed by atoms with E-state index in [0.29, 0.717) is 6.42 Å². The Morgan fingerprint density at radius 1 is 1.42 bits per heavy atom. The van der Waals surface area contributed by atoms with Crippen molar-refractivity contribution in [2.45, 2.75) is 38.3 Å². The molecule has 1 atom stereocenters. The second kappa shape index (κ2) is 5.94. The molecule has 0 amide bonds. The molecule has 0 bridgehead atoms. The lowest BCUT2D eigenvalue weighted by Gasteiger charge is -2.43. The Hall–Kier alpha value is -1.05. The lowest BCUT2D eigenvalue weighted by Crippen LogP contribution is -2.50. The first-order chi connectivity index (χ1) is 9.04. The summed E-state index contributed by atoms with van der Waals surface area (Å²) in [6.07, 6.45) is 1.62. The second-order valence-corrected chi connectivity index (χ2v) is 6.54. The minimum Gasteiger partial charge on any atom is -0.361 e. The van der Waals surface area contributed by atoms with Gasteiger partial charge in [-0.25, -0.2) is 0 Å². The molecule has 1 aliphatic rings. The molecule has 0 radical (unpaired) electrons. The molecule has 1 aliphatic heterocycles. The molecule has 102 valence electrons. The number of benzene rings is 1. The molecule has 1 N–H and O–H groups in total. The van der Waals surface area contributed by atoms with Crippen LogP contribution < -0.4 is 10.2 Å². The number of hydrogen-bond acceptors (Lipinski definition) is 3. The van der Waals surface area contributed by atoms with Crippen LogP contribution in [-0.2, 0) is 0 Å². The Labute approximate surface area is 123 Å². The van der Waals surface area contributed by atoms with Gasteiger partial charge in [-0.1, -0.05) is 15.9 Å². The highest BCUT2D eigenvalue weighted by Crippen LogP contribution is 2.32. The molecule has 0 aromatic heterocycles. The molecule has 1 fully saturated rings. The van der Waals surface area contributed by atoms with E-state index in [1.165, 1.54) is 5.69 Å². The van der Waals surface area contributed by atoms with Crippen LogP contribution in [0.3, 0.4) is 0 Å². The van der Waals surface area contributed by atoms with E-state index in [9.17, 15) is 0 Å².